The van der Waals surface area contributed by atoms with Gasteiger partial charge in [-0.05, 0) is 48.2 Å². The van der Waals surface area contributed by atoms with Gasteiger partial charge in [-0.15, -0.1) is 34.4 Å². The minimum Gasteiger partial charge on any atom is -0.493 e. The van der Waals surface area contributed by atoms with Gasteiger partial charge in [0.1, 0.15) is 11.6 Å². The lowest BCUT2D eigenvalue weighted by molar-refractivity contribution is -0.123. The first-order valence-electron chi connectivity index (χ1n) is 11.1. The first-order valence-corrected chi connectivity index (χ1v) is 14.1. The van der Waals surface area contributed by atoms with Gasteiger partial charge < -0.3 is 25.3 Å². The van der Waals surface area contributed by atoms with Crippen molar-refractivity contribution in [2.24, 2.45) is 10.7 Å². The van der Waals surface area contributed by atoms with E-state index in [1.807, 2.05) is 54.1 Å². The van der Waals surface area contributed by atoms with Crippen LogP contribution in [0, 0.1) is 0 Å². The van der Waals surface area contributed by atoms with Gasteiger partial charge in [-0.2, -0.15) is 0 Å². The van der Waals surface area contributed by atoms with E-state index in [1.54, 1.807) is 49.5 Å². The zero-order valence-electron chi connectivity index (χ0n) is 20.5. The number of ether oxygens (including phenoxy) is 3. The van der Waals surface area contributed by atoms with Gasteiger partial charge in [-0.25, -0.2) is 9.98 Å². The summed E-state index contributed by atoms with van der Waals surface area (Å²) in [6, 6.07) is 16.9. The van der Waals surface area contributed by atoms with Crippen molar-refractivity contribution in [2.45, 2.75) is 10.8 Å². The van der Waals surface area contributed by atoms with Crippen LogP contribution < -0.4 is 25.3 Å². The highest BCUT2D eigenvalue weighted by Gasteiger charge is 2.10. The summed E-state index contributed by atoms with van der Waals surface area (Å²) in [7, 11) is 3.15. The van der Waals surface area contributed by atoms with Crippen molar-refractivity contribution < 1.29 is 19.0 Å². The summed E-state index contributed by atoms with van der Waals surface area (Å²) in [5.41, 5.74) is 8.68. The van der Waals surface area contributed by atoms with Crippen LogP contribution in [0.25, 0.3) is 11.3 Å². The molecule has 0 saturated carbocycles. The van der Waals surface area contributed by atoms with Crippen LogP contribution in [0.3, 0.4) is 0 Å². The van der Waals surface area contributed by atoms with Gasteiger partial charge in [-0.3, -0.25) is 4.79 Å². The summed E-state index contributed by atoms with van der Waals surface area (Å²) in [4.78, 5) is 22.3. The van der Waals surface area contributed by atoms with E-state index >= 15 is 0 Å². The average Bonchev–Trinajstić information content (AvgIpc) is 3.61. The molecule has 0 atom stereocenters. The molecule has 0 aliphatic carbocycles. The van der Waals surface area contributed by atoms with Crippen LogP contribution in [0.4, 0.5) is 5.13 Å². The van der Waals surface area contributed by atoms with Crippen molar-refractivity contribution in [2.75, 3.05) is 27.1 Å². The van der Waals surface area contributed by atoms with Crippen molar-refractivity contribution >= 4 is 51.3 Å². The van der Waals surface area contributed by atoms with Gasteiger partial charge in [0.2, 0.25) is 5.13 Å². The second-order valence-corrected chi connectivity index (χ2v) is 10.6. The number of nitrogens with two attached hydrogens (primary N) is 1. The highest BCUT2D eigenvalue weighted by molar-refractivity contribution is 8.00. The van der Waals surface area contributed by atoms with Crippen LogP contribution in [0.15, 0.2) is 69.2 Å². The Hall–Kier alpha value is -3.54. The Morgan fingerprint density at radius 1 is 1.11 bits per heavy atom. The first kappa shape index (κ1) is 26.5. The molecule has 2 aromatic carbocycles. The Labute approximate surface area is 227 Å². The summed E-state index contributed by atoms with van der Waals surface area (Å²) in [5.74, 6) is 2.02. The van der Waals surface area contributed by atoms with E-state index in [0.29, 0.717) is 34.8 Å². The zero-order valence-corrected chi connectivity index (χ0v) is 23.0. The van der Waals surface area contributed by atoms with Gasteiger partial charge in [0.15, 0.2) is 18.1 Å². The van der Waals surface area contributed by atoms with E-state index in [-0.39, 0.29) is 12.5 Å². The first-order chi connectivity index (χ1) is 18.0. The number of carbonyl (C=O) groups excluding carboxylic acids is 1. The van der Waals surface area contributed by atoms with E-state index in [1.165, 1.54) is 15.5 Å². The van der Waals surface area contributed by atoms with Gasteiger partial charge in [-0.1, -0.05) is 18.2 Å². The van der Waals surface area contributed by atoms with Gasteiger partial charge in [0.05, 0.1) is 29.0 Å². The third kappa shape index (κ3) is 7.03. The number of thiophene rings is 1. The minimum absolute atomic E-state index is 0.112. The Morgan fingerprint density at radius 2 is 1.95 bits per heavy atom. The number of hydrogen-bond acceptors (Lipinski definition) is 9. The Balaban J connectivity index is 1.33. The molecule has 3 N–H and O–H groups in total. The van der Waals surface area contributed by atoms with Gasteiger partial charge in [0, 0.05) is 17.5 Å². The monoisotopic (exact) mass is 554 g/mol. The predicted octanol–water partition coefficient (Wildman–Crippen LogP) is 5.34. The molecule has 1 amide bonds. The Bertz CT molecular complexity index is 1400. The number of hydrogen-bond donors (Lipinski definition) is 2. The third-order valence-corrected chi connectivity index (χ3v) is 8.11. The smallest absolute Gasteiger partial charge is 0.258 e. The number of aromatic nitrogens is 1. The predicted molar refractivity (Wildman–Crippen MR) is 151 cm³/mol. The molecular weight excluding hydrogens is 529 g/mol. The summed E-state index contributed by atoms with van der Waals surface area (Å²) in [6.07, 6.45) is 2.03. The number of nitrogens with one attached hydrogen (secondary N) is 1. The van der Waals surface area contributed by atoms with E-state index in [9.17, 15) is 4.79 Å². The van der Waals surface area contributed by atoms with Crippen molar-refractivity contribution in [3.63, 3.8) is 0 Å². The molecule has 0 fully saturated rings. The summed E-state index contributed by atoms with van der Waals surface area (Å²) < 4.78 is 17.4. The van der Waals surface area contributed by atoms with Gasteiger partial charge in [0.25, 0.3) is 5.91 Å². The summed E-state index contributed by atoms with van der Waals surface area (Å²) in [6.45, 7) is 0.233. The van der Waals surface area contributed by atoms with Crippen LogP contribution >= 0.6 is 34.4 Å². The largest absolute Gasteiger partial charge is 0.493 e. The lowest BCUT2D eigenvalue weighted by atomic mass is 10.2. The number of aliphatic imine (C=N–C) groups is 1. The molecule has 0 unspecified atom stereocenters. The lowest BCUT2D eigenvalue weighted by Crippen LogP contribution is -2.28. The molecule has 0 saturated heterocycles. The number of nitrogens with zero attached hydrogens (tertiary/aromatic N) is 2. The van der Waals surface area contributed by atoms with Crippen molar-refractivity contribution in [3.05, 3.63) is 70.4 Å². The van der Waals surface area contributed by atoms with Crippen LogP contribution in [-0.2, 0) is 11.3 Å². The molecule has 2 heterocycles. The second-order valence-electron chi connectivity index (χ2n) is 7.62. The molecule has 0 spiro atoms. The maximum absolute atomic E-state index is 12.3. The highest BCUT2D eigenvalue weighted by Crippen LogP contribution is 2.31. The normalized spacial score (nSPS) is 11.3. The number of amidine groups is 1. The molecule has 0 radical (unpaired) electrons. The molecule has 4 rings (SSSR count). The fourth-order valence-electron chi connectivity index (χ4n) is 3.31. The fourth-order valence-corrected chi connectivity index (χ4v) is 5.46. The second kappa shape index (κ2) is 12.6. The number of amides is 1. The highest BCUT2D eigenvalue weighted by atomic mass is 32.2. The van der Waals surface area contributed by atoms with Crippen LogP contribution in [0.1, 0.15) is 10.4 Å². The van der Waals surface area contributed by atoms with E-state index in [2.05, 4.69) is 15.3 Å². The topological polar surface area (TPSA) is 108 Å². The molecule has 4 aromatic rings. The average molecular weight is 555 g/mol. The van der Waals surface area contributed by atoms with E-state index < -0.39 is 0 Å². The molecule has 2 aromatic heterocycles. The molecule has 0 aliphatic heterocycles. The number of methoxy groups -OCH3 is 2. The third-order valence-electron chi connectivity index (χ3n) is 5.18. The van der Waals surface area contributed by atoms with Crippen molar-refractivity contribution in [1.29, 1.82) is 0 Å². The Kier molecular flexibility index (Phi) is 9.04. The maximum atomic E-state index is 12.3. The number of thioether (sulfide) groups is 1. The van der Waals surface area contributed by atoms with E-state index in [4.69, 9.17) is 19.9 Å². The molecule has 192 valence electrons. The quantitative estimate of drug-likeness (QED) is 0.146. The maximum Gasteiger partial charge on any atom is 0.258 e. The number of carbonyl (C=O) groups is 1. The van der Waals surface area contributed by atoms with E-state index in [0.717, 1.165) is 21.7 Å². The molecule has 8 nitrogen and oxygen atoms in total. The Morgan fingerprint density at radius 3 is 2.70 bits per heavy atom. The number of rotatable bonds is 11. The van der Waals surface area contributed by atoms with Gasteiger partial charge >= 0.3 is 0 Å². The van der Waals surface area contributed by atoms with Crippen LogP contribution in [0.5, 0.6) is 17.2 Å². The molecule has 0 aliphatic rings. The van der Waals surface area contributed by atoms with Crippen LogP contribution in [0.2, 0.25) is 0 Å². The molecule has 37 heavy (non-hydrogen) atoms. The van der Waals surface area contributed by atoms with Crippen molar-refractivity contribution in [3.8, 4) is 28.5 Å². The summed E-state index contributed by atoms with van der Waals surface area (Å²) in [5, 5.41) is 5.34. The fraction of sp³-hybridized carbons (Fsp3) is 0.192. The molecule has 11 heteroatoms. The number of thiazole rings is 1. The zero-order chi connectivity index (χ0) is 26.2. The van der Waals surface area contributed by atoms with Crippen molar-refractivity contribution in [1.82, 2.24) is 10.3 Å². The molecular formula is C26H26N4O4S3. The molecule has 0 bridgehead atoms. The minimum atomic E-state index is -0.237. The number of benzene rings is 2. The lowest BCUT2D eigenvalue weighted by Gasteiger charge is -2.11. The summed E-state index contributed by atoms with van der Waals surface area (Å²) >= 11 is 4.69. The SMILES string of the molecule is COc1ccc(CNC(=O)COc2cccc(-c3csc(N=C(N)c4ccc(SC)s4)n3)c2)cc1OC. The standard InChI is InChI=1S/C26H26N4O4S3/c1-32-20-8-7-16(11-21(20)33-2)13-28-23(31)14-34-18-6-4-5-17(12-18)19-15-36-26(29-19)30-25(27)22-9-10-24(35-3)37-22/h4-12,15H,13-14H2,1-3H3,(H,28,31)(H2,27,29,30). The van der Waals surface area contributed by atoms with Crippen LogP contribution in [-0.4, -0.2) is 43.8 Å².